The first-order chi connectivity index (χ1) is 16.7. The van der Waals surface area contributed by atoms with Crippen molar-refractivity contribution in [2.24, 2.45) is 0 Å². The van der Waals surface area contributed by atoms with E-state index < -0.39 is 17.3 Å². The van der Waals surface area contributed by atoms with Crippen LogP contribution in [-0.4, -0.2) is 83.0 Å². The van der Waals surface area contributed by atoms with Crippen molar-refractivity contribution in [1.29, 1.82) is 0 Å². The van der Waals surface area contributed by atoms with Gasteiger partial charge in [-0.1, -0.05) is 0 Å². The number of carbonyl (C=O) groups excluding carboxylic acids is 1. The van der Waals surface area contributed by atoms with Gasteiger partial charge in [-0.3, -0.25) is 4.90 Å². The van der Waals surface area contributed by atoms with E-state index in [4.69, 9.17) is 9.47 Å². The molecule has 36 heavy (non-hydrogen) atoms. The van der Waals surface area contributed by atoms with E-state index in [2.05, 4.69) is 15.2 Å². The zero-order valence-electron chi connectivity index (χ0n) is 20.7. The third-order valence-electron chi connectivity index (χ3n) is 6.19. The fraction of sp³-hybridized carbons (Fsp3) is 0.565. The lowest BCUT2D eigenvalue weighted by atomic mass is 9.88. The number of nitrogens with zero attached hydrogens (tertiary/aromatic N) is 7. The quantitative estimate of drug-likeness (QED) is 0.564. The largest absolute Gasteiger partial charge is 0.444 e. The highest BCUT2D eigenvalue weighted by molar-refractivity contribution is 5.71. The molecule has 3 saturated heterocycles. The van der Waals surface area contributed by atoms with Crippen molar-refractivity contribution >= 4 is 17.7 Å². The van der Waals surface area contributed by atoms with E-state index in [0.29, 0.717) is 24.9 Å². The van der Waals surface area contributed by atoms with Crippen molar-refractivity contribution in [2.45, 2.75) is 70.4 Å². The number of alkyl halides is 2. The van der Waals surface area contributed by atoms with E-state index in [1.165, 1.54) is 21.3 Å². The molecular formula is C23H29F2N7O4. The standard InChI is InChI=1S/C23H29F2N7O4/c1-21(2,3)36-20(33)31-14-11-15(31)13-29(12-14)19-27-18-16(35-23(24,25)22(4,5)34)7-8-17(32(18)28-19)30-10-6-9-26-30/h6-10,14-15,34H,11-13H2,1-5H3. The number of hydrogen-bond acceptors (Lipinski definition) is 8. The molecule has 6 heterocycles. The summed E-state index contributed by atoms with van der Waals surface area (Å²) in [6, 6.07) is 4.48. The highest BCUT2D eigenvalue weighted by atomic mass is 19.3. The Morgan fingerprint density at radius 2 is 1.83 bits per heavy atom. The fourth-order valence-electron chi connectivity index (χ4n) is 4.36. The predicted octanol–water partition coefficient (Wildman–Crippen LogP) is 2.86. The molecule has 0 saturated carbocycles. The van der Waals surface area contributed by atoms with Crippen LogP contribution in [0.2, 0.25) is 0 Å². The number of hydrogen-bond donors (Lipinski definition) is 1. The number of aliphatic hydroxyl groups is 1. The molecule has 2 atom stereocenters. The Kier molecular flexibility index (Phi) is 5.39. The van der Waals surface area contributed by atoms with Crippen LogP contribution < -0.4 is 9.64 Å². The van der Waals surface area contributed by atoms with Gasteiger partial charge in [0.05, 0.1) is 12.1 Å². The summed E-state index contributed by atoms with van der Waals surface area (Å²) in [6.07, 6.45) is -0.116. The molecule has 6 rings (SSSR count). The van der Waals surface area contributed by atoms with Crippen LogP contribution in [0.25, 0.3) is 11.5 Å². The first-order valence-corrected chi connectivity index (χ1v) is 11.7. The third kappa shape index (κ3) is 4.21. The molecule has 13 heteroatoms. The number of anilines is 1. The van der Waals surface area contributed by atoms with Gasteiger partial charge in [0.25, 0.3) is 0 Å². The molecule has 2 unspecified atom stereocenters. The number of amides is 1. The summed E-state index contributed by atoms with van der Waals surface area (Å²) < 4.78 is 42.5. The number of halogens is 2. The fourth-order valence-corrected chi connectivity index (χ4v) is 4.36. The van der Waals surface area contributed by atoms with Gasteiger partial charge in [-0.05, 0) is 59.2 Å². The molecule has 3 aromatic rings. The average molecular weight is 506 g/mol. The smallest absolute Gasteiger partial charge is 0.426 e. The lowest BCUT2D eigenvalue weighted by molar-refractivity contribution is -0.275. The van der Waals surface area contributed by atoms with Crippen molar-refractivity contribution in [3.8, 4) is 11.6 Å². The van der Waals surface area contributed by atoms with E-state index in [-0.39, 0.29) is 29.6 Å². The average Bonchev–Trinajstić information content (AvgIpc) is 3.42. The van der Waals surface area contributed by atoms with Crippen LogP contribution in [0.3, 0.4) is 0 Å². The van der Waals surface area contributed by atoms with Gasteiger partial charge in [0.15, 0.2) is 17.2 Å². The second kappa shape index (κ2) is 8.02. The number of carbonyl (C=O) groups is 1. The molecule has 3 fully saturated rings. The van der Waals surface area contributed by atoms with E-state index in [1.807, 2.05) is 25.7 Å². The van der Waals surface area contributed by atoms with Crippen molar-refractivity contribution in [3.63, 3.8) is 0 Å². The number of fused-ring (bicyclic) bond motifs is 3. The molecule has 194 valence electrons. The number of pyridine rings is 1. The molecule has 2 bridgehead atoms. The topological polar surface area (TPSA) is 110 Å². The van der Waals surface area contributed by atoms with Crippen LogP contribution >= 0.6 is 0 Å². The van der Waals surface area contributed by atoms with E-state index >= 15 is 0 Å². The monoisotopic (exact) mass is 505 g/mol. The Labute approximate surface area is 206 Å². The zero-order chi connectivity index (χ0) is 26.0. The minimum absolute atomic E-state index is 0.0465. The molecule has 3 aromatic heterocycles. The van der Waals surface area contributed by atoms with E-state index in [9.17, 15) is 18.7 Å². The summed E-state index contributed by atoms with van der Waals surface area (Å²) in [5.41, 5.74) is -2.97. The second-order valence-corrected chi connectivity index (χ2v) is 10.7. The van der Waals surface area contributed by atoms with Crippen LogP contribution in [-0.2, 0) is 4.74 Å². The van der Waals surface area contributed by atoms with Gasteiger partial charge in [0, 0.05) is 25.5 Å². The van der Waals surface area contributed by atoms with Gasteiger partial charge in [0.2, 0.25) is 11.6 Å². The molecule has 0 spiro atoms. The summed E-state index contributed by atoms with van der Waals surface area (Å²) in [5, 5.41) is 18.7. The molecule has 3 aliphatic heterocycles. The van der Waals surface area contributed by atoms with Gasteiger partial charge < -0.3 is 19.5 Å². The molecule has 1 N–H and O–H groups in total. The highest BCUT2D eigenvalue weighted by Gasteiger charge is 2.50. The second-order valence-electron chi connectivity index (χ2n) is 10.7. The highest BCUT2D eigenvalue weighted by Crippen LogP contribution is 2.37. The summed E-state index contributed by atoms with van der Waals surface area (Å²) in [6.45, 7) is 8.35. The predicted molar refractivity (Wildman–Crippen MR) is 124 cm³/mol. The maximum atomic E-state index is 14.6. The maximum Gasteiger partial charge on any atom is 0.426 e. The van der Waals surface area contributed by atoms with Crippen molar-refractivity contribution in [3.05, 3.63) is 30.6 Å². The zero-order valence-corrected chi connectivity index (χ0v) is 20.7. The van der Waals surface area contributed by atoms with Gasteiger partial charge in [0.1, 0.15) is 5.60 Å². The maximum absolute atomic E-state index is 14.6. The molecular weight excluding hydrogens is 476 g/mol. The summed E-state index contributed by atoms with van der Waals surface area (Å²) >= 11 is 0. The molecule has 0 radical (unpaired) electrons. The molecule has 11 nitrogen and oxygen atoms in total. The summed E-state index contributed by atoms with van der Waals surface area (Å²) in [7, 11) is 0. The van der Waals surface area contributed by atoms with E-state index in [1.54, 1.807) is 23.4 Å². The Balaban J connectivity index is 1.46. The molecule has 0 aromatic carbocycles. The van der Waals surface area contributed by atoms with Crippen molar-refractivity contribution < 1.29 is 28.2 Å². The minimum atomic E-state index is -3.88. The Morgan fingerprint density at radius 3 is 2.42 bits per heavy atom. The summed E-state index contributed by atoms with van der Waals surface area (Å²) in [4.78, 5) is 20.8. The number of aromatic nitrogens is 5. The normalized spacial score (nSPS) is 20.4. The lowest BCUT2D eigenvalue weighted by Gasteiger charge is -2.55. The Morgan fingerprint density at radius 1 is 1.14 bits per heavy atom. The molecule has 1 amide bonds. The Hall–Kier alpha value is -3.48. The lowest BCUT2D eigenvalue weighted by Crippen LogP contribution is -2.70. The number of ether oxygens (including phenoxy) is 2. The third-order valence-corrected chi connectivity index (χ3v) is 6.19. The first-order valence-electron chi connectivity index (χ1n) is 11.7. The van der Waals surface area contributed by atoms with Gasteiger partial charge in [-0.2, -0.15) is 23.4 Å². The number of piperidine rings is 1. The van der Waals surface area contributed by atoms with Crippen LogP contribution in [0.1, 0.15) is 41.0 Å². The van der Waals surface area contributed by atoms with Crippen molar-refractivity contribution in [1.82, 2.24) is 29.3 Å². The van der Waals surface area contributed by atoms with Gasteiger partial charge >= 0.3 is 12.2 Å². The Bertz CT molecular complexity index is 1270. The van der Waals surface area contributed by atoms with Crippen LogP contribution in [0.15, 0.2) is 30.6 Å². The van der Waals surface area contributed by atoms with Crippen LogP contribution in [0.5, 0.6) is 5.75 Å². The van der Waals surface area contributed by atoms with E-state index in [0.717, 1.165) is 20.3 Å². The number of piperazine rings is 1. The van der Waals surface area contributed by atoms with Crippen LogP contribution in [0, 0.1) is 0 Å². The van der Waals surface area contributed by atoms with Crippen LogP contribution in [0.4, 0.5) is 19.5 Å². The number of rotatable bonds is 5. The molecule has 3 aliphatic rings. The van der Waals surface area contributed by atoms with Crippen molar-refractivity contribution in [2.75, 3.05) is 18.0 Å². The molecule has 0 aliphatic carbocycles. The summed E-state index contributed by atoms with van der Waals surface area (Å²) in [5.74, 6) is 0.532. The first kappa shape index (κ1) is 24.2. The SMILES string of the molecule is CC(C)(C)OC(=O)N1C2CC1CN(c1nc3c(OC(F)(F)C(C)(C)O)ccc(-n4cccn4)n3n1)C2. The van der Waals surface area contributed by atoms with Gasteiger partial charge in [-0.15, -0.1) is 5.10 Å². The van der Waals surface area contributed by atoms with Gasteiger partial charge in [-0.25, -0.2) is 9.48 Å². The minimum Gasteiger partial charge on any atom is -0.444 e.